The average molecular weight is 405 g/mol. The standard InChI is InChI=1S/C8H9I2NO2/c9-5-1-4(7(11)3-12)2-6(10)8(5)13/h1-2,7,12-13H,3,11H2. The summed E-state index contributed by atoms with van der Waals surface area (Å²) in [5.74, 6) is 0.273. The number of aliphatic hydroxyl groups is 1. The maximum absolute atomic E-state index is 9.47. The van der Waals surface area contributed by atoms with Gasteiger partial charge in [0.1, 0.15) is 5.75 Å². The molecule has 0 saturated carbocycles. The van der Waals surface area contributed by atoms with E-state index in [1.54, 1.807) is 12.1 Å². The van der Waals surface area contributed by atoms with Gasteiger partial charge in [-0.15, -0.1) is 0 Å². The number of hydrogen-bond donors (Lipinski definition) is 3. The van der Waals surface area contributed by atoms with Gasteiger partial charge in [-0.1, -0.05) is 0 Å². The zero-order valence-corrected chi connectivity index (χ0v) is 11.0. The Hall–Kier alpha value is 0.400. The first-order chi connectivity index (χ1) is 6.06. The molecule has 0 bridgehead atoms. The maximum atomic E-state index is 9.47. The van der Waals surface area contributed by atoms with E-state index in [4.69, 9.17) is 10.8 Å². The van der Waals surface area contributed by atoms with Crippen molar-refractivity contribution < 1.29 is 10.2 Å². The summed E-state index contributed by atoms with van der Waals surface area (Å²) in [7, 11) is 0. The molecule has 0 radical (unpaired) electrons. The average Bonchev–Trinajstić information content (AvgIpc) is 2.12. The minimum absolute atomic E-state index is 0.0864. The van der Waals surface area contributed by atoms with Crippen LogP contribution in [0.1, 0.15) is 11.6 Å². The van der Waals surface area contributed by atoms with E-state index >= 15 is 0 Å². The molecular weight excluding hydrogens is 396 g/mol. The van der Waals surface area contributed by atoms with Gasteiger partial charge in [-0.25, -0.2) is 0 Å². The molecule has 0 saturated heterocycles. The van der Waals surface area contributed by atoms with Crippen LogP contribution in [0, 0.1) is 7.14 Å². The number of phenolic OH excluding ortho intramolecular Hbond substituents is 1. The molecule has 0 aromatic heterocycles. The summed E-state index contributed by atoms with van der Waals surface area (Å²) in [6.07, 6.45) is 0. The number of hydrogen-bond acceptors (Lipinski definition) is 3. The lowest BCUT2D eigenvalue weighted by Gasteiger charge is -2.10. The van der Waals surface area contributed by atoms with Gasteiger partial charge in [0.2, 0.25) is 0 Å². The van der Waals surface area contributed by atoms with Crippen molar-refractivity contribution in [1.82, 2.24) is 0 Å². The highest BCUT2D eigenvalue weighted by Crippen LogP contribution is 2.28. The molecular formula is C8H9I2NO2. The Labute approximate surface area is 104 Å². The first-order valence-electron chi connectivity index (χ1n) is 3.60. The quantitative estimate of drug-likeness (QED) is 0.656. The van der Waals surface area contributed by atoms with E-state index in [9.17, 15) is 5.11 Å². The summed E-state index contributed by atoms with van der Waals surface area (Å²) >= 11 is 4.07. The molecule has 0 aliphatic rings. The maximum Gasteiger partial charge on any atom is 0.142 e. The molecule has 1 unspecified atom stereocenters. The fourth-order valence-electron chi connectivity index (χ4n) is 0.905. The van der Waals surface area contributed by atoms with E-state index in [-0.39, 0.29) is 18.4 Å². The van der Waals surface area contributed by atoms with Crippen molar-refractivity contribution in [1.29, 1.82) is 0 Å². The van der Waals surface area contributed by atoms with Crippen LogP contribution in [-0.4, -0.2) is 16.8 Å². The molecule has 0 fully saturated rings. The van der Waals surface area contributed by atoms with Gasteiger partial charge in [-0.05, 0) is 62.9 Å². The van der Waals surface area contributed by atoms with Crippen LogP contribution in [0.25, 0.3) is 0 Å². The number of nitrogens with two attached hydrogens (primary N) is 1. The van der Waals surface area contributed by atoms with Crippen molar-refractivity contribution in [3.8, 4) is 5.75 Å². The highest BCUT2D eigenvalue weighted by atomic mass is 127. The summed E-state index contributed by atoms with van der Waals surface area (Å²) in [6.45, 7) is -0.0864. The first kappa shape index (κ1) is 11.5. The predicted octanol–water partition coefficient (Wildman–Crippen LogP) is 1.59. The third-order valence-corrected chi connectivity index (χ3v) is 3.31. The topological polar surface area (TPSA) is 66.5 Å². The lowest BCUT2D eigenvalue weighted by molar-refractivity contribution is 0.268. The third kappa shape index (κ3) is 2.67. The molecule has 5 heteroatoms. The van der Waals surface area contributed by atoms with Crippen LogP contribution in [0.15, 0.2) is 12.1 Å². The first-order valence-corrected chi connectivity index (χ1v) is 5.76. The molecule has 1 atom stereocenters. The minimum Gasteiger partial charge on any atom is -0.506 e. The zero-order chi connectivity index (χ0) is 10.0. The van der Waals surface area contributed by atoms with E-state index in [1.165, 1.54) is 0 Å². The van der Waals surface area contributed by atoms with Crippen molar-refractivity contribution in [3.63, 3.8) is 0 Å². The molecule has 13 heavy (non-hydrogen) atoms. The minimum atomic E-state index is -0.373. The fourth-order valence-corrected chi connectivity index (χ4v) is 2.72. The summed E-state index contributed by atoms with van der Waals surface area (Å²) < 4.78 is 1.51. The molecule has 1 rings (SSSR count). The normalized spacial score (nSPS) is 12.9. The fraction of sp³-hybridized carbons (Fsp3) is 0.250. The second kappa shape index (κ2) is 4.76. The van der Waals surface area contributed by atoms with Crippen LogP contribution in [-0.2, 0) is 0 Å². The number of aromatic hydroxyl groups is 1. The number of rotatable bonds is 2. The molecule has 0 aliphatic carbocycles. The molecule has 0 amide bonds. The van der Waals surface area contributed by atoms with Crippen LogP contribution >= 0.6 is 45.2 Å². The summed E-state index contributed by atoms with van der Waals surface area (Å²) in [5.41, 5.74) is 6.49. The van der Waals surface area contributed by atoms with Crippen LogP contribution in [0.2, 0.25) is 0 Å². The van der Waals surface area contributed by atoms with E-state index in [0.29, 0.717) is 0 Å². The van der Waals surface area contributed by atoms with Crippen molar-refractivity contribution in [2.24, 2.45) is 5.73 Å². The van der Waals surface area contributed by atoms with Gasteiger partial charge in [0.15, 0.2) is 0 Å². The predicted molar refractivity (Wildman–Crippen MR) is 67.6 cm³/mol. The Morgan fingerprint density at radius 1 is 1.31 bits per heavy atom. The van der Waals surface area contributed by atoms with Crippen LogP contribution in [0.4, 0.5) is 0 Å². The number of halogens is 2. The molecule has 0 aliphatic heterocycles. The van der Waals surface area contributed by atoms with E-state index in [0.717, 1.165) is 12.7 Å². The Morgan fingerprint density at radius 2 is 1.77 bits per heavy atom. The van der Waals surface area contributed by atoms with Crippen molar-refractivity contribution >= 4 is 45.2 Å². The highest BCUT2D eigenvalue weighted by Gasteiger charge is 2.10. The number of aliphatic hydroxyl groups excluding tert-OH is 1. The largest absolute Gasteiger partial charge is 0.506 e. The van der Waals surface area contributed by atoms with Gasteiger partial charge in [0.05, 0.1) is 19.8 Å². The second-order valence-corrected chi connectivity index (χ2v) is 4.95. The number of benzene rings is 1. The Balaban J connectivity index is 3.13. The summed E-state index contributed by atoms with van der Waals surface area (Å²) in [5, 5.41) is 18.3. The highest BCUT2D eigenvalue weighted by molar-refractivity contribution is 14.1. The lowest BCUT2D eigenvalue weighted by atomic mass is 10.1. The molecule has 1 aromatic rings. The van der Waals surface area contributed by atoms with Crippen molar-refractivity contribution in [2.75, 3.05) is 6.61 Å². The Morgan fingerprint density at radius 3 is 2.15 bits per heavy atom. The number of phenols is 1. The van der Waals surface area contributed by atoms with Gasteiger partial charge in [0, 0.05) is 0 Å². The van der Waals surface area contributed by atoms with Gasteiger partial charge in [-0.3, -0.25) is 0 Å². The van der Waals surface area contributed by atoms with Gasteiger partial charge < -0.3 is 15.9 Å². The molecule has 0 heterocycles. The van der Waals surface area contributed by atoms with E-state index in [2.05, 4.69) is 0 Å². The van der Waals surface area contributed by atoms with Crippen molar-refractivity contribution in [3.05, 3.63) is 24.8 Å². The SMILES string of the molecule is NC(CO)c1cc(I)c(O)c(I)c1. The van der Waals surface area contributed by atoms with Crippen LogP contribution in [0.3, 0.4) is 0 Å². The van der Waals surface area contributed by atoms with Gasteiger partial charge in [0.25, 0.3) is 0 Å². The monoisotopic (exact) mass is 405 g/mol. The van der Waals surface area contributed by atoms with E-state index in [1.807, 2.05) is 45.2 Å². The molecule has 3 nitrogen and oxygen atoms in total. The molecule has 1 aromatic carbocycles. The molecule has 0 spiro atoms. The second-order valence-electron chi connectivity index (χ2n) is 2.62. The molecule has 4 N–H and O–H groups in total. The summed E-state index contributed by atoms with van der Waals surface area (Å²) in [4.78, 5) is 0. The van der Waals surface area contributed by atoms with Crippen molar-refractivity contribution in [2.45, 2.75) is 6.04 Å². The lowest BCUT2D eigenvalue weighted by Crippen LogP contribution is -2.14. The van der Waals surface area contributed by atoms with Crippen LogP contribution in [0.5, 0.6) is 5.75 Å². The van der Waals surface area contributed by atoms with Crippen LogP contribution < -0.4 is 5.73 Å². The summed E-state index contributed by atoms with van der Waals surface area (Å²) in [6, 6.07) is 3.18. The van der Waals surface area contributed by atoms with E-state index < -0.39 is 0 Å². The Bertz CT molecular complexity index is 294. The van der Waals surface area contributed by atoms with Gasteiger partial charge in [-0.2, -0.15) is 0 Å². The third-order valence-electron chi connectivity index (χ3n) is 1.66. The smallest absolute Gasteiger partial charge is 0.142 e. The van der Waals surface area contributed by atoms with Gasteiger partial charge >= 0.3 is 0 Å². The zero-order valence-electron chi connectivity index (χ0n) is 6.67. The molecule has 72 valence electrons. The Kier molecular flexibility index (Phi) is 4.20.